The zero-order valence-corrected chi connectivity index (χ0v) is 31.3. The van der Waals surface area contributed by atoms with Gasteiger partial charge in [-0.1, -0.05) is 60.0 Å². The van der Waals surface area contributed by atoms with E-state index in [1.807, 2.05) is 13.8 Å². The predicted molar refractivity (Wildman–Crippen MR) is 190 cm³/mol. The fraction of sp³-hybridized carbons (Fsp3) is 0.676. The number of amides is 5. The first-order chi connectivity index (χ1) is 24.8. The van der Waals surface area contributed by atoms with E-state index in [2.05, 4.69) is 37.8 Å². The maximum absolute atomic E-state index is 14.6. The van der Waals surface area contributed by atoms with Crippen molar-refractivity contribution in [3.8, 4) is 0 Å². The van der Waals surface area contributed by atoms with Crippen molar-refractivity contribution < 1.29 is 41.9 Å². The number of halogens is 3. The van der Waals surface area contributed by atoms with Gasteiger partial charge in [-0.3, -0.25) is 33.8 Å². The van der Waals surface area contributed by atoms with Crippen molar-refractivity contribution in [2.24, 2.45) is 23.2 Å². The number of hydrogen-bond acceptors (Lipinski definition) is 8. The van der Waals surface area contributed by atoms with Crippen LogP contribution in [0.25, 0.3) is 0 Å². The minimum absolute atomic E-state index is 0.0249. The van der Waals surface area contributed by atoms with Crippen LogP contribution in [0.5, 0.6) is 0 Å². The zero-order chi connectivity index (χ0) is 39.5. The maximum Gasteiger partial charge on any atom is 0.389 e. The minimum atomic E-state index is -4.67. The lowest BCUT2D eigenvalue weighted by atomic mass is 9.82. The molecule has 2 heterocycles. The summed E-state index contributed by atoms with van der Waals surface area (Å²) in [4.78, 5) is 90.7. The highest BCUT2D eigenvalue weighted by molar-refractivity contribution is 6.38. The van der Waals surface area contributed by atoms with Crippen molar-refractivity contribution in [3.05, 3.63) is 36.9 Å². The fourth-order valence-electron chi connectivity index (χ4n) is 7.10. The van der Waals surface area contributed by atoms with Gasteiger partial charge in [-0.15, -0.1) is 6.58 Å². The molecule has 1 aliphatic heterocycles. The van der Waals surface area contributed by atoms with Gasteiger partial charge in [0.2, 0.25) is 23.5 Å². The second kappa shape index (κ2) is 19.1. The topological polar surface area (TPSA) is 180 Å². The molecule has 2 aliphatic rings. The summed E-state index contributed by atoms with van der Waals surface area (Å²) in [5, 5.41) is 10.3. The van der Waals surface area contributed by atoms with E-state index < -0.39 is 89.8 Å². The third-order valence-corrected chi connectivity index (χ3v) is 9.71. The third-order valence-electron chi connectivity index (χ3n) is 9.71. The molecule has 1 saturated heterocycles. The molecule has 4 N–H and O–H groups in total. The van der Waals surface area contributed by atoms with Crippen LogP contribution in [0.1, 0.15) is 103 Å². The van der Waals surface area contributed by atoms with Gasteiger partial charge in [-0.05, 0) is 55.3 Å². The van der Waals surface area contributed by atoms with E-state index in [4.69, 9.17) is 0 Å². The summed E-state index contributed by atoms with van der Waals surface area (Å²) in [6.07, 6.45) is 3.31. The SMILES string of the molecule is C=CCNC(=O)C(=O)C(CCC(F)(F)F)NC(=O)[C@@H]1[C@@H](CC(C)C)CCN1C(=O)[C@@H](NC(=O)[C@@H](NC(=O)c1cnccn1)C1CCCCC1)C(C)(C)C. The highest BCUT2D eigenvalue weighted by atomic mass is 19.4. The normalized spacial score (nSPS) is 19.8. The molecule has 5 atom stereocenters. The minimum Gasteiger partial charge on any atom is -0.346 e. The van der Waals surface area contributed by atoms with E-state index in [9.17, 15) is 41.9 Å². The van der Waals surface area contributed by atoms with Crippen molar-refractivity contribution in [1.82, 2.24) is 36.1 Å². The standard InChI is InChI=1S/C37H54F3N7O6/c1-7-16-43-34(52)29(48)25(13-15-37(38,39)40)44-33(51)28-24(20-22(2)3)14-19-47(28)35(53)30(36(4,5)6)46-32(50)27(23-11-9-8-10-12-23)45-31(49)26-21-41-17-18-42-26/h7,17-18,21-25,27-28,30H,1,8-16,19-20H2,2-6H3,(H,43,52)(H,44,51)(H,45,49)(H,46,50)/t24-,25?,27+,28+,30-/m1/s1. The van der Waals surface area contributed by atoms with Gasteiger partial charge >= 0.3 is 6.18 Å². The Labute approximate surface area is 309 Å². The van der Waals surface area contributed by atoms with Crippen LogP contribution in [0.2, 0.25) is 0 Å². The van der Waals surface area contributed by atoms with Crippen LogP contribution in [0, 0.1) is 23.2 Å². The molecule has 5 amide bonds. The van der Waals surface area contributed by atoms with Crippen LogP contribution < -0.4 is 21.3 Å². The lowest BCUT2D eigenvalue weighted by Gasteiger charge is -2.38. The Bertz CT molecular complexity index is 1460. The summed E-state index contributed by atoms with van der Waals surface area (Å²) in [6, 6.07) is -5.19. The number of likely N-dealkylation sites (tertiary alicyclic amines) is 1. The highest BCUT2D eigenvalue weighted by Gasteiger charge is 2.48. The Morgan fingerprint density at radius 1 is 0.981 bits per heavy atom. The van der Waals surface area contributed by atoms with Crippen LogP contribution in [0.4, 0.5) is 13.2 Å². The second-order valence-corrected chi connectivity index (χ2v) is 15.5. The smallest absolute Gasteiger partial charge is 0.346 e. The quantitative estimate of drug-likeness (QED) is 0.146. The molecule has 3 rings (SSSR count). The molecule has 1 aromatic heterocycles. The number of nitrogens with zero attached hydrogens (tertiary/aromatic N) is 3. The van der Waals surface area contributed by atoms with Gasteiger partial charge in [0, 0.05) is 31.9 Å². The first-order valence-corrected chi connectivity index (χ1v) is 18.3. The summed E-state index contributed by atoms with van der Waals surface area (Å²) in [5.74, 6) is -5.63. The van der Waals surface area contributed by atoms with Crippen LogP contribution in [-0.4, -0.2) is 93.6 Å². The summed E-state index contributed by atoms with van der Waals surface area (Å²) < 4.78 is 39.8. The number of carbonyl (C=O) groups is 6. The van der Waals surface area contributed by atoms with E-state index >= 15 is 0 Å². The van der Waals surface area contributed by atoms with Crippen molar-refractivity contribution >= 4 is 35.3 Å². The van der Waals surface area contributed by atoms with E-state index in [-0.39, 0.29) is 30.6 Å². The highest BCUT2D eigenvalue weighted by Crippen LogP contribution is 2.34. The number of rotatable bonds is 16. The van der Waals surface area contributed by atoms with Crippen molar-refractivity contribution in [1.29, 1.82) is 0 Å². The number of carbonyl (C=O) groups excluding carboxylic acids is 6. The lowest BCUT2D eigenvalue weighted by molar-refractivity contribution is -0.148. The van der Waals surface area contributed by atoms with Gasteiger partial charge in [-0.2, -0.15) is 13.2 Å². The van der Waals surface area contributed by atoms with Gasteiger partial charge < -0.3 is 26.2 Å². The molecular formula is C37H54F3N7O6. The van der Waals surface area contributed by atoms with E-state index in [0.717, 1.165) is 19.3 Å². The van der Waals surface area contributed by atoms with Gasteiger partial charge in [0.25, 0.3) is 11.8 Å². The molecule has 294 valence electrons. The molecule has 0 aromatic carbocycles. The van der Waals surface area contributed by atoms with Crippen molar-refractivity contribution in [2.45, 2.75) is 123 Å². The molecule has 0 spiro atoms. The summed E-state index contributed by atoms with van der Waals surface area (Å²) in [7, 11) is 0. The maximum atomic E-state index is 14.6. The average molecular weight is 750 g/mol. The molecule has 13 nitrogen and oxygen atoms in total. The average Bonchev–Trinajstić information content (AvgIpc) is 3.52. The van der Waals surface area contributed by atoms with Crippen LogP contribution >= 0.6 is 0 Å². The van der Waals surface area contributed by atoms with Crippen molar-refractivity contribution in [2.75, 3.05) is 13.1 Å². The first-order valence-electron chi connectivity index (χ1n) is 18.3. The molecule has 53 heavy (non-hydrogen) atoms. The van der Waals surface area contributed by atoms with Crippen LogP contribution in [0.15, 0.2) is 31.2 Å². The van der Waals surface area contributed by atoms with Gasteiger partial charge in [0.1, 0.15) is 23.8 Å². The van der Waals surface area contributed by atoms with Gasteiger partial charge in [0.05, 0.1) is 12.2 Å². The second-order valence-electron chi connectivity index (χ2n) is 15.5. The molecule has 1 aromatic rings. The van der Waals surface area contributed by atoms with Crippen LogP contribution in [0.3, 0.4) is 0 Å². The number of Topliss-reactive ketones (excluding diaryl/α,β-unsaturated/α-hetero) is 1. The molecular weight excluding hydrogens is 695 g/mol. The zero-order valence-electron chi connectivity index (χ0n) is 31.3. The lowest BCUT2D eigenvalue weighted by Crippen LogP contribution is -2.62. The van der Waals surface area contributed by atoms with Gasteiger partial charge in [0.15, 0.2) is 0 Å². The van der Waals surface area contributed by atoms with E-state index in [1.54, 1.807) is 20.8 Å². The summed E-state index contributed by atoms with van der Waals surface area (Å²) in [6.45, 7) is 12.5. The Morgan fingerprint density at radius 3 is 2.23 bits per heavy atom. The molecule has 0 bridgehead atoms. The molecule has 0 radical (unpaired) electrons. The number of nitrogens with one attached hydrogen (secondary N) is 4. The number of aromatic nitrogens is 2. The molecule has 1 saturated carbocycles. The largest absolute Gasteiger partial charge is 0.389 e. The van der Waals surface area contributed by atoms with Gasteiger partial charge in [-0.25, -0.2) is 4.98 Å². The Hall–Kier alpha value is -4.37. The molecule has 1 aliphatic carbocycles. The van der Waals surface area contributed by atoms with E-state index in [0.29, 0.717) is 25.7 Å². The Kier molecular flexibility index (Phi) is 15.5. The Morgan fingerprint density at radius 2 is 1.66 bits per heavy atom. The predicted octanol–water partition coefficient (Wildman–Crippen LogP) is 3.65. The number of hydrogen-bond donors (Lipinski definition) is 4. The Balaban J connectivity index is 1.93. The monoisotopic (exact) mass is 749 g/mol. The fourth-order valence-corrected chi connectivity index (χ4v) is 7.10. The van der Waals surface area contributed by atoms with Crippen LogP contribution in [-0.2, 0) is 24.0 Å². The first kappa shape index (κ1) is 43.0. The summed E-state index contributed by atoms with van der Waals surface area (Å²) in [5.41, 5.74) is -0.874. The molecule has 16 heteroatoms. The summed E-state index contributed by atoms with van der Waals surface area (Å²) >= 11 is 0. The number of ketones is 1. The van der Waals surface area contributed by atoms with E-state index in [1.165, 1.54) is 29.6 Å². The number of alkyl halides is 3. The van der Waals surface area contributed by atoms with Crippen molar-refractivity contribution in [3.63, 3.8) is 0 Å². The third kappa shape index (κ3) is 12.6. The molecule has 1 unspecified atom stereocenters. The molecule has 2 fully saturated rings.